The number of sulfonamides is 2. The third kappa shape index (κ3) is 11.2. The molecule has 0 aliphatic carbocycles. The Morgan fingerprint density at radius 1 is 0.636 bits per heavy atom. The normalized spacial score (nSPS) is 13.9. The minimum Gasteiger partial charge on any atom is -0.390 e. The van der Waals surface area contributed by atoms with E-state index in [1.165, 1.54) is 20.7 Å². The highest BCUT2D eigenvalue weighted by Gasteiger charge is 2.38. The number of benzene rings is 5. The summed E-state index contributed by atoms with van der Waals surface area (Å²) in [7, 11) is -8.16. The average molecular weight is 782 g/mol. The van der Waals surface area contributed by atoms with Gasteiger partial charge in [0.1, 0.15) is 0 Å². The summed E-state index contributed by atoms with van der Waals surface area (Å²) in [5, 5.41) is 14.5. The molecule has 290 valence electrons. The zero-order valence-corrected chi connectivity index (χ0v) is 33.2. The molecule has 2 N–H and O–H groups in total. The van der Waals surface area contributed by atoms with Crippen LogP contribution in [0.4, 0.5) is 0 Å². The average Bonchev–Trinajstić information content (AvgIpc) is 3.19. The molecule has 0 fully saturated rings. The van der Waals surface area contributed by atoms with Crippen molar-refractivity contribution in [3.05, 3.63) is 174 Å². The minimum absolute atomic E-state index is 0.0711. The van der Waals surface area contributed by atoms with Crippen molar-refractivity contribution < 1.29 is 26.7 Å². The van der Waals surface area contributed by atoms with E-state index >= 15 is 0 Å². The van der Waals surface area contributed by atoms with Gasteiger partial charge in [-0.1, -0.05) is 160 Å². The summed E-state index contributed by atoms with van der Waals surface area (Å²) in [5.41, 5.74) is 3.19. The Balaban J connectivity index is 1.40. The van der Waals surface area contributed by atoms with Gasteiger partial charge in [0.05, 0.1) is 34.8 Å². The number of hydrogen-bond donors (Lipinski definition) is 2. The molecule has 5 aromatic carbocycles. The van der Waals surface area contributed by atoms with Crippen molar-refractivity contribution in [3.8, 4) is 0 Å². The fourth-order valence-corrected chi connectivity index (χ4v) is 10.4. The van der Waals surface area contributed by atoms with Gasteiger partial charge in [-0.2, -0.15) is 8.61 Å². The monoisotopic (exact) mass is 781 g/mol. The second kappa shape index (κ2) is 19.3. The molecule has 0 bridgehead atoms. The molecule has 0 aromatic heterocycles. The zero-order valence-electron chi connectivity index (χ0n) is 31.6. The topological polar surface area (TPSA) is 124 Å². The maximum Gasteiger partial charge on any atom is 0.243 e. The number of carbonyl (C=O) groups is 1. The number of carbonyl (C=O) groups excluding carboxylic acids is 1. The van der Waals surface area contributed by atoms with E-state index in [0.29, 0.717) is 0 Å². The van der Waals surface area contributed by atoms with E-state index in [1.54, 1.807) is 25.1 Å². The van der Waals surface area contributed by atoms with Gasteiger partial charge in [-0.3, -0.25) is 4.79 Å². The molecule has 0 saturated carbocycles. The Labute approximate surface area is 326 Å². The Morgan fingerprint density at radius 2 is 1.09 bits per heavy atom. The lowest BCUT2D eigenvalue weighted by Crippen LogP contribution is -2.53. The van der Waals surface area contributed by atoms with E-state index in [9.17, 15) is 26.7 Å². The molecule has 1 amide bonds. The summed E-state index contributed by atoms with van der Waals surface area (Å²) in [5.74, 6) is -2.14. The first-order chi connectivity index (χ1) is 26.4. The molecule has 11 heteroatoms. The van der Waals surface area contributed by atoms with Gasteiger partial charge in [-0.05, 0) is 46.7 Å². The van der Waals surface area contributed by atoms with Crippen LogP contribution in [0.25, 0.3) is 0 Å². The first-order valence-electron chi connectivity index (χ1n) is 18.6. The number of amides is 1. The van der Waals surface area contributed by atoms with E-state index in [2.05, 4.69) is 5.32 Å². The van der Waals surface area contributed by atoms with Crippen LogP contribution in [-0.4, -0.2) is 67.4 Å². The molecule has 3 atom stereocenters. The van der Waals surface area contributed by atoms with E-state index in [4.69, 9.17) is 0 Å². The van der Waals surface area contributed by atoms with Crippen LogP contribution >= 0.6 is 0 Å². The molecule has 0 aliphatic rings. The molecule has 9 nitrogen and oxygen atoms in total. The summed E-state index contributed by atoms with van der Waals surface area (Å²) in [6, 6.07) is 44.0. The van der Waals surface area contributed by atoms with Crippen LogP contribution in [-0.2, 0) is 37.8 Å². The lowest BCUT2D eigenvalue weighted by Gasteiger charge is -2.35. The number of nitrogens with one attached hydrogen (secondary N) is 1. The molecule has 0 heterocycles. The fourth-order valence-electron chi connectivity index (χ4n) is 6.70. The molecule has 0 saturated heterocycles. The van der Waals surface area contributed by atoms with Crippen LogP contribution in [0.1, 0.15) is 49.1 Å². The molecule has 5 aromatic rings. The second-order valence-corrected chi connectivity index (χ2v) is 18.1. The van der Waals surface area contributed by atoms with E-state index in [0.717, 1.165) is 22.3 Å². The van der Waals surface area contributed by atoms with Crippen molar-refractivity contribution in [1.82, 2.24) is 13.9 Å². The number of aliphatic hydroxyl groups is 1. The van der Waals surface area contributed by atoms with Crippen LogP contribution in [0.3, 0.4) is 0 Å². The SMILES string of the molecule is CC(C)CN(C(Cc1ccccc1)[C@H](O)CNC(=O)[C@@H](C)CS(=O)(=O)N(Cc1ccccc1)C(c1ccccc1)c1ccccc1)S(=O)(=O)c1ccccc1. The van der Waals surface area contributed by atoms with Gasteiger partial charge in [0.15, 0.2) is 0 Å². The summed E-state index contributed by atoms with van der Waals surface area (Å²) < 4.78 is 60.1. The predicted octanol–water partition coefficient (Wildman–Crippen LogP) is 6.68. The van der Waals surface area contributed by atoms with Gasteiger partial charge >= 0.3 is 0 Å². The minimum atomic E-state index is -4.11. The highest BCUT2D eigenvalue weighted by atomic mass is 32.2. The van der Waals surface area contributed by atoms with Crippen LogP contribution in [0.15, 0.2) is 157 Å². The number of rotatable bonds is 19. The van der Waals surface area contributed by atoms with Crippen molar-refractivity contribution in [3.63, 3.8) is 0 Å². The molecule has 55 heavy (non-hydrogen) atoms. The van der Waals surface area contributed by atoms with Gasteiger partial charge in [-0.25, -0.2) is 16.8 Å². The van der Waals surface area contributed by atoms with Crippen LogP contribution in [0, 0.1) is 11.8 Å². The predicted molar refractivity (Wildman–Crippen MR) is 218 cm³/mol. The van der Waals surface area contributed by atoms with Gasteiger partial charge in [-0.15, -0.1) is 0 Å². The van der Waals surface area contributed by atoms with E-state index < -0.39 is 55.8 Å². The Hall–Kier alpha value is -4.65. The third-order valence-corrected chi connectivity index (χ3v) is 13.3. The standard InChI is InChI=1S/C44H51N3O6S2/c1-34(2)31-46(55(52,53)40-27-17-8-18-28-40)41(29-36-19-9-4-10-20-36)42(48)30-45-44(49)35(3)33-54(50,51)47(32-37-21-11-5-12-22-37)43(38-23-13-6-14-24-38)39-25-15-7-16-26-39/h4-28,34-35,41-43,48H,29-33H2,1-3H3,(H,45,49)/t35-,41?,42+/m0/s1. The zero-order chi connectivity index (χ0) is 39.4. The van der Waals surface area contributed by atoms with Crippen molar-refractivity contribution in [1.29, 1.82) is 0 Å². The Kier molecular flexibility index (Phi) is 14.6. The Bertz CT molecular complexity index is 2100. The lowest BCUT2D eigenvalue weighted by atomic mass is 9.98. The highest BCUT2D eigenvalue weighted by molar-refractivity contribution is 7.89. The van der Waals surface area contributed by atoms with Gasteiger partial charge < -0.3 is 10.4 Å². The quantitative estimate of drug-likeness (QED) is 0.0964. The molecule has 0 aliphatic heterocycles. The van der Waals surface area contributed by atoms with Crippen molar-refractivity contribution in [2.24, 2.45) is 11.8 Å². The highest BCUT2D eigenvalue weighted by Crippen LogP contribution is 2.33. The molecule has 0 radical (unpaired) electrons. The summed E-state index contributed by atoms with van der Waals surface area (Å²) in [6.07, 6.45) is -1.13. The first-order valence-corrected chi connectivity index (χ1v) is 21.6. The smallest absolute Gasteiger partial charge is 0.243 e. The molecule has 1 unspecified atom stereocenters. The number of nitrogens with zero attached hydrogens (tertiary/aromatic N) is 2. The molecule has 0 spiro atoms. The van der Waals surface area contributed by atoms with Crippen molar-refractivity contribution in [2.45, 2.75) is 56.8 Å². The van der Waals surface area contributed by atoms with Gasteiger partial charge in [0.25, 0.3) is 0 Å². The number of aliphatic hydroxyl groups excluding tert-OH is 1. The van der Waals surface area contributed by atoms with Crippen molar-refractivity contribution in [2.75, 3.05) is 18.8 Å². The van der Waals surface area contributed by atoms with Gasteiger partial charge in [0, 0.05) is 19.6 Å². The maximum atomic E-state index is 14.5. The van der Waals surface area contributed by atoms with E-state index in [-0.39, 0.29) is 36.9 Å². The largest absolute Gasteiger partial charge is 0.390 e. The fraction of sp³-hybridized carbons (Fsp3) is 0.295. The third-order valence-electron chi connectivity index (χ3n) is 9.45. The summed E-state index contributed by atoms with van der Waals surface area (Å²) in [4.78, 5) is 13.8. The Morgan fingerprint density at radius 3 is 1.58 bits per heavy atom. The van der Waals surface area contributed by atoms with E-state index in [1.807, 2.05) is 135 Å². The second-order valence-electron chi connectivity index (χ2n) is 14.3. The van der Waals surface area contributed by atoms with Gasteiger partial charge in [0.2, 0.25) is 26.0 Å². The molecular formula is C44H51N3O6S2. The van der Waals surface area contributed by atoms with Crippen LogP contribution in [0.5, 0.6) is 0 Å². The van der Waals surface area contributed by atoms with Crippen LogP contribution < -0.4 is 5.32 Å². The van der Waals surface area contributed by atoms with Crippen molar-refractivity contribution >= 4 is 26.0 Å². The molecule has 5 rings (SSSR count). The summed E-state index contributed by atoms with van der Waals surface area (Å²) >= 11 is 0. The van der Waals surface area contributed by atoms with Crippen LogP contribution in [0.2, 0.25) is 0 Å². The lowest BCUT2D eigenvalue weighted by molar-refractivity contribution is -0.124. The molecular weight excluding hydrogens is 731 g/mol. The first kappa shape index (κ1) is 41.5. The maximum absolute atomic E-state index is 14.5. The summed E-state index contributed by atoms with van der Waals surface area (Å²) in [6.45, 7) is 5.29. The number of hydrogen-bond acceptors (Lipinski definition) is 6.